The molecule has 0 aromatic heterocycles. The minimum atomic E-state index is 0.295. The van der Waals surface area contributed by atoms with Gasteiger partial charge in [-0.05, 0) is 60.4 Å². The minimum Gasteiger partial charge on any atom is -0.396 e. The molecule has 120 valence electrons. The summed E-state index contributed by atoms with van der Waals surface area (Å²) in [5.41, 5.74) is 2.95. The molecule has 2 aromatic carbocycles. The molecule has 0 spiro atoms. The quantitative estimate of drug-likeness (QED) is 0.644. The molecule has 0 saturated heterocycles. The monoisotopic (exact) mass is 300 g/mol. The van der Waals surface area contributed by atoms with Crippen molar-refractivity contribution in [2.75, 3.05) is 13.2 Å². The molecule has 0 atom stereocenters. The molecular weight excluding hydrogens is 272 g/mol. The van der Waals surface area contributed by atoms with E-state index < -0.39 is 0 Å². The molecule has 2 heteroatoms. The van der Waals surface area contributed by atoms with Gasteiger partial charge < -0.3 is 10.2 Å². The summed E-state index contributed by atoms with van der Waals surface area (Å²) >= 11 is 0. The summed E-state index contributed by atoms with van der Waals surface area (Å²) in [6, 6.07) is 13.1. The maximum absolute atomic E-state index is 8.94. The Hall–Kier alpha value is -1.38. The first kappa shape index (κ1) is 17.0. The first-order valence-electron chi connectivity index (χ1n) is 8.58. The van der Waals surface area contributed by atoms with Gasteiger partial charge in [-0.15, -0.1) is 0 Å². The number of aliphatic hydroxyl groups excluding tert-OH is 2. The Morgan fingerprint density at radius 2 is 1.32 bits per heavy atom. The maximum atomic E-state index is 8.94. The van der Waals surface area contributed by atoms with E-state index in [0.29, 0.717) is 13.2 Å². The maximum Gasteiger partial charge on any atom is 0.0431 e. The van der Waals surface area contributed by atoms with E-state index in [0.717, 1.165) is 51.4 Å². The molecule has 0 heterocycles. The lowest BCUT2D eigenvalue weighted by molar-refractivity contribution is 0.282. The predicted octanol–water partition coefficient (Wildman–Crippen LogP) is 4.25. The highest BCUT2D eigenvalue weighted by Gasteiger charge is 2.07. The van der Waals surface area contributed by atoms with E-state index in [1.54, 1.807) is 0 Å². The number of benzene rings is 2. The number of aliphatic hydroxyl groups is 2. The first-order valence-corrected chi connectivity index (χ1v) is 8.58. The van der Waals surface area contributed by atoms with Gasteiger partial charge >= 0.3 is 0 Å². The van der Waals surface area contributed by atoms with E-state index in [2.05, 4.69) is 36.4 Å². The zero-order valence-corrected chi connectivity index (χ0v) is 13.4. The van der Waals surface area contributed by atoms with Crippen LogP contribution in [0.2, 0.25) is 0 Å². The summed E-state index contributed by atoms with van der Waals surface area (Å²) in [4.78, 5) is 0. The van der Waals surface area contributed by atoms with Gasteiger partial charge in [-0.2, -0.15) is 0 Å². The Balaban J connectivity index is 2.13. The average Bonchev–Trinajstić information content (AvgIpc) is 2.56. The summed E-state index contributed by atoms with van der Waals surface area (Å²) < 4.78 is 0. The molecule has 0 unspecified atom stereocenters. The molecule has 0 bridgehead atoms. The predicted molar refractivity (Wildman–Crippen MR) is 93.2 cm³/mol. The second-order valence-electron chi connectivity index (χ2n) is 5.99. The zero-order chi connectivity index (χ0) is 15.6. The summed E-state index contributed by atoms with van der Waals surface area (Å²) in [5, 5.41) is 20.5. The van der Waals surface area contributed by atoms with Crippen molar-refractivity contribution in [1.82, 2.24) is 0 Å². The van der Waals surface area contributed by atoms with E-state index in [1.807, 2.05) is 0 Å². The smallest absolute Gasteiger partial charge is 0.0431 e. The van der Waals surface area contributed by atoms with Gasteiger partial charge in [0.25, 0.3) is 0 Å². The van der Waals surface area contributed by atoms with Gasteiger partial charge in [0.15, 0.2) is 0 Å². The van der Waals surface area contributed by atoms with Crippen LogP contribution in [0.1, 0.15) is 49.7 Å². The van der Waals surface area contributed by atoms with Crippen molar-refractivity contribution in [3.05, 3.63) is 47.5 Å². The number of hydrogen-bond acceptors (Lipinski definition) is 2. The Bertz CT molecular complexity index is 563. The second kappa shape index (κ2) is 9.60. The zero-order valence-electron chi connectivity index (χ0n) is 13.4. The van der Waals surface area contributed by atoms with Gasteiger partial charge in [-0.3, -0.25) is 0 Å². The van der Waals surface area contributed by atoms with E-state index in [-0.39, 0.29) is 0 Å². The highest BCUT2D eigenvalue weighted by Crippen LogP contribution is 2.26. The molecule has 2 rings (SSSR count). The minimum absolute atomic E-state index is 0.295. The first-order chi connectivity index (χ1) is 10.9. The van der Waals surface area contributed by atoms with Crippen molar-refractivity contribution in [2.45, 2.75) is 51.4 Å². The molecule has 0 aliphatic rings. The third kappa shape index (κ3) is 4.82. The number of fused-ring (bicyclic) bond motifs is 1. The number of hydrogen-bond donors (Lipinski definition) is 2. The molecular formula is C20H28O2. The largest absolute Gasteiger partial charge is 0.396 e. The Labute approximate surface area is 133 Å². The Kier molecular flexibility index (Phi) is 7.41. The molecule has 0 fully saturated rings. The third-order valence-electron chi connectivity index (χ3n) is 4.33. The summed E-state index contributed by atoms with van der Waals surface area (Å²) in [7, 11) is 0. The van der Waals surface area contributed by atoms with Crippen molar-refractivity contribution >= 4 is 10.8 Å². The van der Waals surface area contributed by atoms with Gasteiger partial charge in [-0.25, -0.2) is 0 Å². The summed E-state index contributed by atoms with van der Waals surface area (Å²) in [5.74, 6) is 0. The summed E-state index contributed by atoms with van der Waals surface area (Å²) in [6.07, 6.45) is 8.45. The normalized spacial score (nSPS) is 11.2. The molecule has 0 amide bonds. The molecule has 0 aliphatic carbocycles. The second-order valence-corrected chi connectivity index (χ2v) is 5.99. The van der Waals surface area contributed by atoms with Crippen LogP contribution in [-0.4, -0.2) is 23.4 Å². The average molecular weight is 300 g/mol. The van der Waals surface area contributed by atoms with Gasteiger partial charge in [0.2, 0.25) is 0 Å². The molecule has 0 aliphatic heterocycles. The fourth-order valence-electron chi connectivity index (χ4n) is 3.10. The van der Waals surface area contributed by atoms with Crippen LogP contribution in [0.3, 0.4) is 0 Å². The number of unbranched alkanes of at least 4 members (excludes halogenated alkanes) is 4. The lowest BCUT2D eigenvalue weighted by Crippen LogP contribution is -1.98. The van der Waals surface area contributed by atoms with Gasteiger partial charge in [0, 0.05) is 13.2 Å². The lowest BCUT2D eigenvalue weighted by atomic mass is 9.92. The van der Waals surface area contributed by atoms with Crippen LogP contribution >= 0.6 is 0 Å². The highest BCUT2D eigenvalue weighted by molar-refractivity contribution is 5.86. The topological polar surface area (TPSA) is 40.5 Å². The van der Waals surface area contributed by atoms with Crippen molar-refractivity contribution in [1.29, 1.82) is 0 Å². The van der Waals surface area contributed by atoms with Crippen molar-refractivity contribution in [2.24, 2.45) is 0 Å². The Morgan fingerprint density at radius 3 is 2.05 bits per heavy atom. The summed E-state index contributed by atoms with van der Waals surface area (Å²) in [6.45, 7) is 0.593. The van der Waals surface area contributed by atoms with Crippen LogP contribution < -0.4 is 0 Å². The van der Waals surface area contributed by atoms with Crippen LogP contribution in [0, 0.1) is 0 Å². The van der Waals surface area contributed by atoms with Crippen molar-refractivity contribution in [3.63, 3.8) is 0 Å². The van der Waals surface area contributed by atoms with E-state index in [9.17, 15) is 0 Å². The molecule has 2 nitrogen and oxygen atoms in total. The van der Waals surface area contributed by atoms with Crippen molar-refractivity contribution in [3.8, 4) is 0 Å². The lowest BCUT2D eigenvalue weighted by Gasteiger charge is -2.13. The van der Waals surface area contributed by atoms with Crippen LogP contribution in [0.5, 0.6) is 0 Å². The number of rotatable bonds is 10. The fraction of sp³-hybridized carbons (Fsp3) is 0.500. The van der Waals surface area contributed by atoms with E-state index in [1.165, 1.54) is 21.9 Å². The van der Waals surface area contributed by atoms with E-state index in [4.69, 9.17) is 10.2 Å². The van der Waals surface area contributed by atoms with Gasteiger partial charge in [0.05, 0.1) is 0 Å². The third-order valence-corrected chi connectivity index (χ3v) is 4.33. The van der Waals surface area contributed by atoms with Crippen LogP contribution in [-0.2, 0) is 12.8 Å². The molecule has 2 aromatic rings. The van der Waals surface area contributed by atoms with Gasteiger partial charge in [0.1, 0.15) is 0 Å². The molecule has 2 N–H and O–H groups in total. The van der Waals surface area contributed by atoms with Crippen LogP contribution in [0.4, 0.5) is 0 Å². The molecule has 22 heavy (non-hydrogen) atoms. The van der Waals surface area contributed by atoms with Gasteiger partial charge in [-0.1, -0.05) is 49.2 Å². The highest BCUT2D eigenvalue weighted by atomic mass is 16.3. The van der Waals surface area contributed by atoms with Crippen LogP contribution in [0.25, 0.3) is 10.8 Å². The van der Waals surface area contributed by atoms with Crippen LogP contribution in [0.15, 0.2) is 36.4 Å². The standard InChI is InChI=1S/C20H28O2/c21-15-7-1-3-9-17-13-14-18-10-5-6-12-20(18)19(17)11-4-2-8-16-22/h5-6,10,12-14,21-22H,1-4,7-9,11,15-16H2. The molecule has 0 saturated carbocycles. The molecule has 0 radical (unpaired) electrons. The number of aryl methyl sites for hydroxylation is 2. The van der Waals surface area contributed by atoms with E-state index >= 15 is 0 Å². The SMILES string of the molecule is OCCCCCc1ccc2ccccc2c1CCCCCO. The van der Waals surface area contributed by atoms with Crippen molar-refractivity contribution < 1.29 is 10.2 Å². The fourth-order valence-corrected chi connectivity index (χ4v) is 3.10. The Morgan fingerprint density at radius 1 is 0.636 bits per heavy atom.